The highest BCUT2D eigenvalue weighted by Gasteiger charge is 2.17. The third-order valence-corrected chi connectivity index (χ3v) is 4.90. The summed E-state index contributed by atoms with van der Waals surface area (Å²) in [6.07, 6.45) is -0.991. The van der Waals surface area contributed by atoms with Crippen LogP contribution in [0.1, 0.15) is 6.92 Å². The minimum atomic E-state index is -0.991. The number of nitrogens with zero attached hydrogens (tertiary/aromatic N) is 4. The molecule has 0 saturated carbocycles. The van der Waals surface area contributed by atoms with E-state index in [0.29, 0.717) is 34.0 Å². The van der Waals surface area contributed by atoms with Crippen LogP contribution in [0.15, 0.2) is 54.6 Å². The van der Waals surface area contributed by atoms with Gasteiger partial charge in [-0.25, -0.2) is 8.78 Å². The van der Waals surface area contributed by atoms with Crippen molar-refractivity contribution in [1.82, 2.24) is 25.1 Å². The smallest absolute Gasteiger partial charge is 0.260 e. The second kappa shape index (κ2) is 9.78. The lowest BCUT2D eigenvalue weighted by atomic mass is 10.2. The number of hydrogen-bond donors (Lipinski definition) is 1. The lowest BCUT2D eigenvalue weighted by Crippen LogP contribution is -2.38. The monoisotopic (exact) mass is 473 g/mol. The molecule has 0 saturated heterocycles. The fraction of sp³-hybridized carbons (Fsp3) is 0.182. The fourth-order valence-electron chi connectivity index (χ4n) is 2.95. The lowest BCUT2D eigenvalue weighted by molar-refractivity contribution is -0.127. The van der Waals surface area contributed by atoms with Crippen molar-refractivity contribution >= 4 is 23.2 Å². The van der Waals surface area contributed by atoms with Crippen molar-refractivity contribution in [1.29, 1.82) is 0 Å². The number of ether oxygens (including phenoxy) is 2. The molecule has 2 aromatic carbocycles. The lowest BCUT2D eigenvalue weighted by Gasteiger charge is -2.15. The number of carbonyl (C=O) groups is 1. The number of halogens is 3. The molecule has 2 heterocycles. The van der Waals surface area contributed by atoms with Crippen LogP contribution in [-0.2, 0) is 4.79 Å². The minimum Gasteiger partial charge on any atom is -0.478 e. The Morgan fingerprint density at radius 2 is 1.97 bits per heavy atom. The number of fused-ring (bicyclic) bond motifs is 1. The average molecular weight is 474 g/mol. The second-order valence-corrected chi connectivity index (χ2v) is 7.33. The Morgan fingerprint density at radius 1 is 1.15 bits per heavy atom. The molecule has 1 atom stereocenters. The number of benzene rings is 2. The van der Waals surface area contributed by atoms with Crippen LogP contribution in [0.25, 0.3) is 17.0 Å². The van der Waals surface area contributed by atoms with Crippen LogP contribution >= 0.6 is 11.6 Å². The molecule has 1 amide bonds. The van der Waals surface area contributed by atoms with Crippen LogP contribution in [-0.4, -0.2) is 45.0 Å². The zero-order chi connectivity index (χ0) is 23.4. The maximum Gasteiger partial charge on any atom is 0.260 e. The van der Waals surface area contributed by atoms with Gasteiger partial charge >= 0.3 is 0 Å². The van der Waals surface area contributed by atoms with Gasteiger partial charge in [0.1, 0.15) is 12.4 Å². The third-order valence-electron chi connectivity index (χ3n) is 4.57. The van der Waals surface area contributed by atoms with Crippen LogP contribution in [0.5, 0.6) is 11.6 Å². The molecular weight excluding hydrogens is 456 g/mol. The topological polar surface area (TPSA) is 90.6 Å². The maximum atomic E-state index is 13.7. The van der Waals surface area contributed by atoms with E-state index in [4.69, 9.17) is 21.1 Å². The van der Waals surface area contributed by atoms with Crippen molar-refractivity contribution in [2.24, 2.45) is 0 Å². The Morgan fingerprint density at radius 3 is 2.76 bits per heavy atom. The minimum absolute atomic E-state index is 0.116. The van der Waals surface area contributed by atoms with Gasteiger partial charge in [-0.3, -0.25) is 4.79 Å². The van der Waals surface area contributed by atoms with Crippen molar-refractivity contribution in [3.05, 3.63) is 71.3 Å². The van der Waals surface area contributed by atoms with Crippen LogP contribution in [0, 0.1) is 11.6 Å². The molecule has 0 spiro atoms. The Hall–Kier alpha value is -3.79. The van der Waals surface area contributed by atoms with Crippen molar-refractivity contribution in [3.8, 4) is 23.0 Å². The van der Waals surface area contributed by atoms with Gasteiger partial charge in [0.2, 0.25) is 5.88 Å². The maximum absolute atomic E-state index is 13.7. The standard InChI is InChI=1S/C22H18ClF2N5O3/c1-13(33-18-7-6-14(24)12-17(18)25)22(31)26-10-11-32-20-9-8-19-27-28-21(30(19)29-20)15-4-2-3-5-16(15)23/h2-9,12-13H,10-11H2,1H3,(H,26,31). The molecule has 4 rings (SSSR count). The van der Waals surface area contributed by atoms with E-state index in [1.165, 1.54) is 11.4 Å². The molecule has 1 unspecified atom stereocenters. The molecule has 11 heteroatoms. The van der Waals surface area contributed by atoms with E-state index >= 15 is 0 Å². The average Bonchev–Trinajstić information content (AvgIpc) is 3.21. The van der Waals surface area contributed by atoms with Gasteiger partial charge in [0.05, 0.1) is 11.6 Å². The summed E-state index contributed by atoms with van der Waals surface area (Å²) >= 11 is 6.25. The summed E-state index contributed by atoms with van der Waals surface area (Å²) in [5.74, 6) is -1.55. The first-order valence-electron chi connectivity index (χ1n) is 9.92. The Balaban J connectivity index is 1.33. The number of nitrogens with one attached hydrogen (secondary N) is 1. The van der Waals surface area contributed by atoms with Crippen molar-refractivity contribution in [2.75, 3.05) is 13.2 Å². The van der Waals surface area contributed by atoms with E-state index in [9.17, 15) is 13.6 Å². The largest absolute Gasteiger partial charge is 0.478 e. The summed E-state index contributed by atoms with van der Waals surface area (Å²) < 4.78 is 39.0. The van der Waals surface area contributed by atoms with E-state index in [1.54, 1.807) is 18.2 Å². The van der Waals surface area contributed by atoms with Crippen LogP contribution < -0.4 is 14.8 Å². The van der Waals surface area contributed by atoms with E-state index < -0.39 is 23.6 Å². The molecule has 8 nitrogen and oxygen atoms in total. The molecule has 4 aromatic rings. The van der Waals surface area contributed by atoms with Gasteiger partial charge in [0, 0.05) is 17.7 Å². The Labute approximate surface area is 192 Å². The van der Waals surface area contributed by atoms with Crippen LogP contribution in [0.4, 0.5) is 8.78 Å². The molecule has 0 fully saturated rings. The predicted octanol–water partition coefficient (Wildman–Crippen LogP) is 3.69. The number of rotatable bonds is 8. The second-order valence-electron chi connectivity index (χ2n) is 6.92. The number of aromatic nitrogens is 4. The SMILES string of the molecule is CC(Oc1ccc(F)cc1F)C(=O)NCCOc1ccc2nnc(-c3ccccc3Cl)n2n1. The molecule has 33 heavy (non-hydrogen) atoms. The third kappa shape index (κ3) is 5.17. The van der Waals surface area contributed by atoms with Gasteiger partial charge in [-0.15, -0.1) is 15.3 Å². The highest BCUT2D eigenvalue weighted by Crippen LogP contribution is 2.26. The molecule has 0 aliphatic heterocycles. The Kier molecular flexibility index (Phi) is 6.64. The van der Waals surface area contributed by atoms with Crippen molar-refractivity contribution in [2.45, 2.75) is 13.0 Å². The first-order valence-corrected chi connectivity index (χ1v) is 10.3. The van der Waals surface area contributed by atoms with Crippen molar-refractivity contribution < 1.29 is 23.0 Å². The summed E-state index contributed by atoms with van der Waals surface area (Å²) in [5.41, 5.74) is 1.19. The molecule has 170 valence electrons. The van der Waals surface area contributed by atoms with Gasteiger partial charge in [0.25, 0.3) is 5.91 Å². The summed E-state index contributed by atoms with van der Waals surface area (Å²) in [5, 5.41) is 15.7. The molecule has 0 aliphatic rings. The normalized spacial score (nSPS) is 11.9. The van der Waals surface area contributed by atoms with E-state index in [0.717, 1.165) is 12.1 Å². The Bertz CT molecular complexity index is 1300. The van der Waals surface area contributed by atoms with Gasteiger partial charge in [-0.05, 0) is 37.3 Å². The quantitative estimate of drug-likeness (QED) is 0.392. The van der Waals surface area contributed by atoms with Gasteiger partial charge in [-0.1, -0.05) is 23.7 Å². The summed E-state index contributed by atoms with van der Waals surface area (Å²) in [6, 6.07) is 13.4. The zero-order valence-corrected chi connectivity index (χ0v) is 18.1. The molecule has 0 radical (unpaired) electrons. The van der Waals surface area contributed by atoms with Crippen LogP contribution in [0.3, 0.4) is 0 Å². The zero-order valence-electron chi connectivity index (χ0n) is 17.3. The van der Waals surface area contributed by atoms with E-state index in [-0.39, 0.29) is 18.9 Å². The first-order chi connectivity index (χ1) is 15.9. The number of hydrogen-bond acceptors (Lipinski definition) is 6. The molecular formula is C22H18ClF2N5O3. The number of carbonyl (C=O) groups excluding carboxylic acids is 1. The first kappa shape index (κ1) is 22.4. The van der Waals surface area contributed by atoms with Gasteiger partial charge in [0.15, 0.2) is 29.1 Å². The summed E-state index contributed by atoms with van der Waals surface area (Å²) in [6.45, 7) is 1.72. The predicted molar refractivity (Wildman–Crippen MR) is 116 cm³/mol. The molecule has 1 N–H and O–H groups in total. The van der Waals surface area contributed by atoms with Gasteiger partial charge in [-0.2, -0.15) is 4.52 Å². The van der Waals surface area contributed by atoms with E-state index in [2.05, 4.69) is 20.6 Å². The molecule has 2 aromatic heterocycles. The van der Waals surface area contributed by atoms with Gasteiger partial charge < -0.3 is 14.8 Å². The van der Waals surface area contributed by atoms with E-state index in [1.807, 2.05) is 18.2 Å². The number of amides is 1. The summed E-state index contributed by atoms with van der Waals surface area (Å²) in [4.78, 5) is 12.2. The highest BCUT2D eigenvalue weighted by molar-refractivity contribution is 6.33. The highest BCUT2D eigenvalue weighted by atomic mass is 35.5. The van der Waals surface area contributed by atoms with Crippen LogP contribution in [0.2, 0.25) is 5.02 Å². The fourth-order valence-corrected chi connectivity index (χ4v) is 3.17. The van der Waals surface area contributed by atoms with Crippen molar-refractivity contribution in [3.63, 3.8) is 0 Å². The molecule has 0 aliphatic carbocycles. The summed E-state index contributed by atoms with van der Waals surface area (Å²) in [7, 11) is 0. The molecule has 0 bridgehead atoms.